The van der Waals surface area contributed by atoms with E-state index < -0.39 is 5.54 Å². The van der Waals surface area contributed by atoms with Crippen LogP contribution in [0.2, 0.25) is 0 Å². The van der Waals surface area contributed by atoms with Gasteiger partial charge in [0.25, 0.3) is 0 Å². The van der Waals surface area contributed by atoms with Gasteiger partial charge in [0.2, 0.25) is 5.89 Å². The third-order valence-electron chi connectivity index (χ3n) is 4.36. The molecule has 2 aliphatic carbocycles. The first-order chi connectivity index (χ1) is 8.69. The summed E-state index contributed by atoms with van der Waals surface area (Å²) < 4.78 is 5.40. The topological polar surface area (TPSA) is 64.9 Å². The molecule has 1 heterocycles. The van der Waals surface area contributed by atoms with E-state index in [1.807, 2.05) is 0 Å². The Kier molecular flexibility index (Phi) is 2.63. The van der Waals surface area contributed by atoms with Crippen molar-refractivity contribution in [2.45, 2.75) is 71.3 Å². The molecule has 0 aliphatic heterocycles. The highest BCUT2D eigenvalue weighted by Crippen LogP contribution is 2.52. The predicted octanol–water partition coefficient (Wildman–Crippen LogP) is 3.34. The van der Waals surface area contributed by atoms with Gasteiger partial charge < -0.3 is 10.3 Å². The highest BCUT2D eigenvalue weighted by Gasteiger charge is 2.49. The van der Waals surface area contributed by atoms with Gasteiger partial charge in [-0.15, -0.1) is 0 Å². The first-order valence-electron chi connectivity index (χ1n) is 7.32. The highest BCUT2D eigenvalue weighted by molar-refractivity contribution is 5.13. The summed E-state index contributed by atoms with van der Waals surface area (Å²) in [5.74, 6) is 2.01. The third-order valence-corrected chi connectivity index (χ3v) is 4.36. The molecule has 0 aromatic carbocycles. The molecule has 0 unspecified atom stereocenters. The molecule has 2 aliphatic rings. The standard InChI is InChI=1S/C15H25N3O/c1-13(2)7-14(3,4)9-15(16,8-13)12-17-11(19-18-12)10-5-6-10/h10H,5-9,16H2,1-4H3. The summed E-state index contributed by atoms with van der Waals surface area (Å²) in [5, 5.41) is 4.19. The Morgan fingerprint density at radius 1 is 1.05 bits per heavy atom. The molecule has 1 aromatic heterocycles. The summed E-state index contributed by atoms with van der Waals surface area (Å²) in [6.45, 7) is 9.16. The molecule has 2 N–H and O–H groups in total. The van der Waals surface area contributed by atoms with Crippen LogP contribution in [0.5, 0.6) is 0 Å². The Labute approximate surface area is 115 Å². The smallest absolute Gasteiger partial charge is 0.229 e. The van der Waals surface area contributed by atoms with Gasteiger partial charge >= 0.3 is 0 Å². The molecule has 3 rings (SSSR count). The van der Waals surface area contributed by atoms with Crippen LogP contribution in [0.3, 0.4) is 0 Å². The second kappa shape index (κ2) is 3.81. The van der Waals surface area contributed by atoms with Crippen LogP contribution in [0, 0.1) is 10.8 Å². The molecular formula is C15H25N3O. The van der Waals surface area contributed by atoms with Crippen molar-refractivity contribution in [1.29, 1.82) is 0 Å². The maximum absolute atomic E-state index is 6.68. The Morgan fingerprint density at radius 3 is 2.16 bits per heavy atom. The number of nitrogens with zero attached hydrogens (tertiary/aromatic N) is 2. The largest absolute Gasteiger partial charge is 0.339 e. The van der Waals surface area contributed by atoms with E-state index in [1.165, 1.54) is 19.3 Å². The molecule has 2 saturated carbocycles. The lowest BCUT2D eigenvalue weighted by atomic mass is 9.58. The lowest BCUT2D eigenvalue weighted by Gasteiger charge is -2.49. The van der Waals surface area contributed by atoms with Crippen LogP contribution in [0.4, 0.5) is 0 Å². The maximum atomic E-state index is 6.68. The highest BCUT2D eigenvalue weighted by atomic mass is 16.5. The fourth-order valence-electron chi connectivity index (χ4n) is 4.28. The SMILES string of the molecule is CC1(C)CC(C)(C)CC(N)(c2noc(C3CC3)n2)C1. The van der Waals surface area contributed by atoms with E-state index in [9.17, 15) is 0 Å². The van der Waals surface area contributed by atoms with Gasteiger partial charge in [-0.3, -0.25) is 0 Å². The van der Waals surface area contributed by atoms with Crippen LogP contribution >= 0.6 is 0 Å². The minimum absolute atomic E-state index is 0.219. The monoisotopic (exact) mass is 263 g/mol. The molecule has 4 heteroatoms. The maximum Gasteiger partial charge on any atom is 0.229 e. The molecule has 19 heavy (non-hydrogen) atoms. The van der Waals surface area contributed by atoms with Crippen molar-refractivity contribution in [1.82, 2.24) is 10.1 Å². The Morgan fingerprint density at radius 2 is 1.63 bits per heavy atom. The van der Waals surface area contributed by atoms with Gasteiger partial charge in [-0.05, 0) is 42.9 Å². The van der Waals surface area contributed by atoms with Crippen molar-refractivity contribution >= 4 is 0 Å². The third kappa shape index (κ3) is 2.55. The molecule has 0 saturated heterocycles. The number of nitrogens with two attached hydrogens (primary N) is 1. The van der Waals surface area contributed by atoms with Crippen molar-refractivity contribution < 1.29 is 4.52 Å². The van der Waals surface area contributed by atoms with Crippen LogP contribution in [-0.4, -0.2) is 10.1 Å². The van der Waals surface area contributed by atoms with Gasteiger partial charge in [0, 0.05) is 5.92 Å². The summed E-state index contributed by atoms with van der Waals surface area (Å²) in [5.41, 5.74) is 6.68. The molecule has 0 bridgehead atoms. The fraction of sp³-hybridized carbons (Fsp3) is 0.867. The fourth-order valence-corrected chi connectivity index (χ4v) is 4.28. The molecule has 0 radical (unpaired) electrons. The van der Waals surface area contributed by atoms with Gasteiger partial charge in [-0.1, -0.05) is 32.9 Å². The molecule has 4 nitrogen and oxygen atoms in total. The van der Waals surface area contributed by atoms with Gasteiger partial charge in [0.05, 0.1) is 5.54 Å². The van der Waals surface area contributed by atoms with E-state index in [-0.39, 0.29) is 10.8 Å². The van der Waals surface area contributed by atoms with Crippen LogP contribution in [0.25, 0.3) is 0 Å². The molecule has 0 atom stereocenters. The second-order valence-corrected chi connectivity index (χ2v) is 8.25. The van der Waals surface area contributed by atoms with Crippen molar-refractivity contribution in [2.24, 2.45) is 16.6 Å². The Balaban J connectivity index is 1.91. The number of aromatic nitrogens is 2. The van der Waals surface area contributed by atoms with E-state index >= 15 is 0 Å². The van der Waals surface area contributed by atoms with Crippen LogP contribution < -0.4 is 5.73 Å². The summed E-state index contributed by atoms with van der Waals surface area (Å²) in [4.78, 5) is 4.60. The van der Waals surface area contributed by atoms with Crippen molar-refractivity contribution in [3.63, 3.8) is 0 Å². The van der Waals surface area contributed by atoms with Gasteiger partial charge in [0.1, 0.15) is 0 Å². The van der Waals surface area contributed by atoms with Crippen molar-refractivity contribution in [3.8, 4) is 0 Å². The Bertz CT molecular complexity index is 469. The van der Waals surface area contributed by atoms with Crippen LogP contribution in [-0.2, 0) is 5.54 Å². The molecule has 0 amide bonds. The Hall–Kier alpha value is -0.900. The molecule has 1 aromatic rings. The minimum atomic E-state index is -0.443. The summed E-state index contributed by atoms with van der Waals surface area (Å²) in [6.07, 6.45) is 5.39. The van der Waals surface area contributed by atoms with Gasteiger partial charge in [-0.2, -0.15) is 4.98 Å². The van der Waals surface area contributed by atoms with Crippen LogP contribution in [0.1, 0.15) is 77.4 Å². The van der Waals surface area contributed by atoms with Crippen molar-refractivity contribution in [3.05, 3.63) is 11.7 Å². The molecule has 0 spiro atoms. The molecular weight excluding hydrogens is 238 g/mol. The van der Waals surface area contributed by atoms with Gasteiger partial charge in [0.15, 0.2) is 5.82 Å². The second-order valence-electron chi connectivity index (χ2n) is 8.25. The average molecular weight is 263 g/mol. The van der Waals surface area contributed by atoms with E-state index in [4.69, 9.17) is 10.3 Å². The number of rotatable bonds is 2. The summed E-state index contributed by atoms with van der Waals surface area (Å²) >= 11 is 0. The summed E-state index contributed by atoms with van der Waals surface area (Å²) in [6, 6.07) is 0. The quantitative estimate of drug-likeness (QED) is 0.888. The van der Waals surface area contributed by atoms with Crippen molar-refractivity contribution in [2.75, 3.05) is 0 Å². The lowest BCUT2D eigenvalue weighted by molar-refractivity contribution is 0.0417. The first-order valence-corrected chi connectivity index (χ1v) is 7.32. The zero-order chi connectivity index (χ0) is 13.9. The zero-order valence-corrected chi connectivity index (χ0v) is 12.5. The first kappa shape index (κ1) is 13.1. The van der Waals surface area contributed by atoms with E-state index in [0.29, 0.717) is 5.92 Å². The lowest BCUT2D eigenvalue weighted by Crippen LogP contribution is -2.50. The minimum Gasteiger partial charge on any atom is -0.339 e. The summed E-state index contributed by atoms with van der Waals surface area (Å²) in [7, 11) is 0. The predicted molar refractivity (Wildman–Crippen MR) is 73.6 cm³/mol. The molecule has 2 fully saturated rings. The molecule has 106 valence electrons. The van der Waals surface area contributed by atoms with E-state index in [2.05, 4.69) is 37.8 Å². The van der Waals surface area contributed by atoms with Crippen LogP contribution in [0.15, 0.2) is 4.52 Å². The van der Waals surface area contributed by atoms with E-state index in [0.717, 1.165) is 24.6 Å². The normalized spacial score (nSPS) is 28.3. The average Bonchev–Trinajstić information content (AvgIpc) is 2.90. The number of hydrogen-bond donors (Lipinski definition) is 1. The zero-order valence-electron chi connectivity index (χ0n) is 12.5. The van der Waals surface area contributed by atoms with E-state index in [1.54, 1.807) is 0 Å². The number of hydrogen-bond acceptors (Lipinski definition) is 4. The van der Waals surface area contributed by atoms with Gasteiger partial charge in [-0.25, -0.2) is 0 Å².